The van der Waals surface area contributed by atoms with Crippen LogP contribution in [0.25, 0.3) is 0 Å². The van der Waals surface area contributed by atoms with Crippen molar-refractivity contribution in [3.8, 4) is 0 Å². The lowest BCUT2D eigenvalue weighted by molar-refractivity contribution is -0.166. The second kappa shape index (κ2) is 7.40. The molecule has 28 heavy (non-hydrogen) atoms. The SMILES string of the molecule is CCOC(Cc1ccc(C(=N)N)cc1)(C(N)=O)N1C=C2C=CC(=O)C(F)=C2C1. The van der Waals surface area contributed by atoms with E-state index in [4.69, 9.17) is 21.6 Å². The Hall–Kier alpha value is -3.26. The normalized spacial score (nSPS) is 18.0. The van der Waals surface area contributed by atoms with Crippen LogP contribution in [0.4, 0.5) is 4.39 Å². The molecule has 0 aromatic heterocycles. The number of nitrogens with one attached hydrogen (secondary N) is 1. The predicted octanol–water partition coefficient (Wildman–Crippen LogP) is 1.29. The first kappa shape index (κ1) is 19.5. The lowest BCUT2D eigenvalue weighted by Gasteiger charge is -2.39. The summed E-state index contributed by atoms with van der Waals surface area (Å²) in [6.07, 6.45) is 4.36. The maximum Gasteiger partial charge on any atom is 0.271 e. The Labute approximate surface area is 161 Å². The zero-order valence-corrected chi connectivity index (χ0v) is 15.4. The van der Waals surface area contributed by atoms with Gasteiger partial charge in [-0.25, -0.2) is 4.39 Å². The Kier molecular flexibility index (Phi) is 5.15. The largest absolute Gasteiger partial charge is 0.384 e. The van der Waals surface area contributed by atoms with Gasteiger partial charge in [-0.2, -0.15) is 0 Å². The molecule has 3 rings (SSSR count). The lowest BCUT2D eigenvalue weighted by Crippen LogP contribution is -2.58. The van der Waals surface area contributed by atoms with Crippen molar-refractivity contribution >= 4 is 17.5 Å². The number of nitrogens with two attached hydrogens (primary N) is 2. The fraction of sp³-hybridized carbons (Fsp3) is 0.250. The summed E-state index contributed by atoms with van der Waals surface area (Å²) in [4.78, 5) is 25.7. The Bertz CT molecular complexity index is 933. The number of carbonyl (C=O) groups excluding carboxylic acids is 2. The fourth-order valence-electron chi connectivity index (χ4n) is 3.37. The van der Waals surface area contributed by atoms with Crippen LogP contribution in [-0.2, 0) is 20.7 Å². The van der Waals surface area contributed by atoms with Crippen molar-refractivity contribution in [3.63, 3.8) is 0 Å². The summed E-state index contributed by atoms with van der Waals surface area (Å²) >= 11 is 0. The van der Waals surface area contributed by atoms with Gasteiger partial charge in [0.05, 0.1) is 0 Å². The molecule has 8 heteroatoms. The molecule has 1 aliphatic carbocycles. The molecule has 0 saturated heterocycles. The average molecular weight is 384 g/mol. The number of primary amides is 1. The summed E-state index contributed by atoms with van der Waals surface area (Å²) in [6, 6.07) is 6.79. The molecule has 0 spiro atoms. The molecule has 1 amide bonds. The molecule has 1 heterocycles. The molecule has 1 aliphatic heterocycles. The number of amidine groups is 1. The van der Waals surface area contributed by atoms with Gasteiger partial charge in [-0.15, -0.1) is 0 Å². The molecule has 7 nitrogen and oxygen atoms in total. The molecule has 5 N–H and O–H groups in total. The number of fused-ring (bicyclic) bond motifs is 1. The van der Waals surface area contributed by atoms with E-state index in [2.05, 4.69) is 0 Å². The number of nitrogens with zero attached hydrogens (tertiary/aromatic N) is 1. The Balaban J connectivity index is 1.99. The number of hydrogen-bond donors (Lipinski definition) is 3. The number of halogens is 1. The highest BCUT2D eigenvalue weighted by Crippen LogP contribution is 2.35. The van der Waals surface area contributed by atoms with Gasteiger partial charge in [-0.3, -0.25) is 15.0 Å². The highest BCUT2D eigenvalue weighted by atomic mass is 19.1. The van der Waals surface area contributed by atoms with Crippen LogP contribution in [0.1, 0.15) is 18.1 Å². The molecule has 0 bridgehead atoms. The van der Waals surface area contributed by atoms with E-state index >= 15 is 0 Å². The zero-order valence-electron chi connectivity index (χ0n) is 15.4. The minimum atomic E-state index is -1.55. The van der Waals surface area contributed by atoms with Crippen molar-refractivity contribution in [2.45, 2.75) is 19.1 Å². The van der Waals surface area contributed by atoms with E-state index in [0.717, 1.165) is 11.6 Å². The summed E-state index contributed by atoms with van der Waals surface area (Å²) in [5.41, 5.74) is 11.6. The maximum absolute atomic E-state index is 14.3. The number of allylic oxidation sites excluding steroid dienone is 3. The third-order valence-electron chi connectivity index (χ3n) is 4.81. The smallest absolute Gasteiger partial charge is 0.271 e. The number of rotatable bonds is 7. The van der Waals surface area contributed by atoms with E-state index in [1.54, 1.807) is 37.4 Å². The first-order valence-corrected chi connectivity index (χ1v) is 8.75. The number of ether oxygens (including phenoxy) is 1. The monoisotopic (exact) mass is 384 g/mol. The van der Waals surface area contributed by atoms with Crippen molar-refractivity contribution in [2.75, 3.05) is 13.2 Å². The van der Waals surface area contributed by atoms with Crippen molar-refractivity contribution in [1.82, 2.24) is 4.90 Å². The molecule has 146 valence electrons. The van der Waals surface area contributed by atoms with E-state index in [0.29, 0.717) is 11.1 Å². The summed E-state index contributed by atoms with van der Waals surface area (Å²) < 4.78 is 20.1. The standard InChI is InChI=1S/C20H21FN4O3/c1-2-28-20(19(24)27,9-12-3-5-13(6-4-12)18(22)23)25-10-14-7-8-16(26)17(21)15(14)11-25/h3-8,10H,2,9,11H2,1H3,(H3,22,23)(H2,24,27). The first-order valence-electron chi connectivity index (χ1n) is 8.75. The second-order valence-electron chi connectivity index (χ2n) is 6.57. The van der Waals surface area contributed by atoms with Crippen LogP contribution in [0.3, 0.4) is 0 Å². The van der Waals surface area contributed by atoms with E-state index in [1.165, 1.54) is 11.0 Å². The van der Waals surface area contributed by atoms with Crippen LogP contribution in [0.5, 0.6) is 0 Å². The summed E-state index contributed by atoms with van der Waals surface area (Å²) in [5, 5.41) is 7.47. The first-order chi connectivity index (χ1) is 13.3. The summed E-state index contributed by atoms with van der Waals surface area (Å²) in [7, 11) is 0. The molecule has 0 saturated carbocycles. The number of carbonyl (C=O) groups is 2. The second-order valence-corrected chi connectivity index (χ2v) is 6.57. The van der Waals surface area contributed by atoms with Crippen molar-refractivity contribution < 1.29 is 18.7 Å². The van der Waals surface area contributed by atoms with Crippen LogP contribution in [0.15, 0.2) is 59.6 Å². The molecule has 1 atom stereocenters. The Morgan fingerprint density at radius 2 is 1.96 bits per heavy atom. The molecular formula is C20H21FN4O3. The Morgan fingerprint density at radius 3 is 2.54 bits per heavy atom. The zero-order chi connectivity index (χ0) is 20.5. The third-order valence-corrected chi connectivity index (χ3v) is 4.81. The van der Waals surface area contributed by atoms with Gasteiger partial charge < -0.3 is 21.1 Å². The Morgan fingerprint density at radius 1 is 1.29 bits per heavy atom. The molecule has 2 aliphatic rings. The van der Waals surface area contributed by atoms with E-state index in [9.17, 15) is 14.0 Å². The quantitative estimate of drug-likeness (QED) is 0.483. The van der Waals surface area contributed by atoms with Crippen LogP contribution < -0.4 is 11.5 Å². The summed E-state index contributed by atoms with van der Waals surface area (Å²) in [6.45, 7) is 1.92. The van der Waals surface area contributed by atoms with E-state index in [-0.39, 0.29) is 31.0 Å². The molecule has 1 aromatic rings. The van der Waals surface area contributed by atoms with Gasteiger partial charge in [-0.05, 0) is 30.2 Å². The van der Waals surface area contributed by atoms with Crippen LogP contribution in [0.2, 0.25) is 0 Å². The van der Waals surface area contributed by atoms with Gasteiger partial charge in [0.1, 0.15) is 5.84 Å². The molecular weight excluding hydrogens is 363 g/mol. The number of nitrogen functional groups attached to an aromatic ring is 1. The fourth-order valence-corrected chi connectivity index (χ4v) is 3.37. The van der Waals surface area contributed by atoms with Gasteiger partial charge in [-0.1, -0.05) is 24.3 Å². The minimum absolute atomic E-state index is 0.00822. The minimum Gasteiger partial charge on any atom is -0.384 e. The van der Waals surface area contributed by atoms with Gasteiger partial charge in [0.15, 0.2) is 5.83 Å². The van der Waals surface area contributed by atoms with Crippen LogP contribution in [-0.4, -0.2) is 41.3 Å². The topological polar surface area (TPSA) is 122 Å². The van der Waals surface area contributed by atoms with Crippen molar-refractivity contribution in [1.29, 1.82) is 5.41 Å². The molecule has 1 unspecified atom stereocenters. The van der Waals surface area contributed by atoms with E-state index < -0.39 is 23.2 Å². The highest BCUT2D eigenvalue weighted by Gasteiger charge is 2.46. The van der Waals surface area contributed by atoms with E-state index in [1.807, 2.05) is 0 Å². The molecule has 0 fully saturated rings. The third kappa shape index (κ3) is 3.34. The number of ketones is 1. The van der Waals surface area contributed by atoms with Gasteiger partial charge in [0.2, 0.25) is 11.5 Å². The maximum atomic E-state index is 14.3. The summed E-state index contributed by atoms with van der Waals surface area (Å²) in [5.74, 6) is -2.33. The average Bonchev–Trinajstić information content (AvgIpc) is 3.10. The number of hydrogen-bond acceptors (Lipinski definition) is 5. The van der Waals surface area contributed by atoms with Crippen LogP contribution in [0, 0.1) is 5.41 Å². The van der Waals surface area contributed by atoms with Crippen molar-refractivity contribution in [3.05, 3.63) is 70.7 Å². The lowest BCUT2D eigenvalue weighted by atomic mass is 9.98. The predicted molar refractivity (Wildman–Crippen MR) is 102 cm³/mol. The van der Waals surface area contributed by atoms with Crippen molar-refractivity contribution in [2.24, 2.45) is 11.5 Å². The van der Waals surface area contributed by atoms with Crippen LogP contribution >= 0.6 is 0 Å². The number of benzene rings is 1. The highest BCUT2D eigenvalue weighted by molar-refractivity contribution is 6.05. The molecule has 1 aromatic carbocycles. The van der Waals surface area contributed by atoms with Gasteiger partial charge in [0, 0.05) is 36.9 Å². The molecule has 0 radical (unpaired) electrons. The van der Waals surface area contributed by atoms with Gasteiger partial charge >= 0.3 is 0 Å². The van der Waals surface area contributed by atoms with Gasteiger partial charge in [0.25, 0.3) is 5.91 Å². The number of amides is 1.